The Morgan fingerprint density at radius 2 is 2.38 bits per heavy atom. The predicted octanol–water partition coefficient (Wildman–Crippen LogP) is 1.46. The smallest absolute Gasteiger partial charge is 0.185 e. The van der Waals surface area contributed by atoms with Crippen LogP contribution in [-0.4, -0.2) is 24.1 Å². The number of nitrogens with zero attached hydrogens (tertiary/aromatic N) is 2. The van der Waals surface area contributed by atoms with Gasteiger partial charge in [-0.3, -0.25) is 0 Å². The Kier molecular flexibility index (Phi) is 2.80. The Bertz CT molecular complexity index is 247. The van der Waals surface area contributed by atoms with Crippen LogP contribution in [0.4, 0.5) is 5.13 Å². The Balaban J connectivity index is 2.00. The maximum Gasteiger partial charge on any atom is 0.185 e. The summed E-state index contributed by atoms with van der Waals surface area (Å²) in [7, 11) is 0. The van der Waals surface area contributed by atoms with Crippen LogP contribution >= 0.6 is 11.3 Å². The molecule has 4 heteroatoms. The van der Waals surface area contributed by atoms with Gasteiger partial charge in [-0.2, -0.15) is 0 Å². The molecule has 1 aliphatic heterocycles. The minimum Gasteiger partial charge on any atom is -0.348 e. The molecule has 2 N–H and O–H groups in total. The average molecular weight is 197 g/mol. The summed E-state index contributed by atoms with van der Waals surface area (Å²) in [5.74, 6) is 0. The van der Waals surface area contributed by atoms with Crippen LogP contribution in [0.5, 0.6) is 0 Å². The van der Waals surface area contributed by atoms with Crippen LogP contribution in [0.1, 0.15) is 19.3 Å². The zero-order valence-corrected chi connectivity index (χ0v) is 8.46. The van der Waals surface area contributed by atoms with Gasteiger partial charge in [-0.05, 0) is 19.3 Å². The molecule has 1 saturated heterocycles. The molecule has 0 radical (unpaired) electrons. The van der Waals surface area contributed by atoms with Crippen molar-refractivity contribution in [2.24, 2.45) is 5.73 Å². The van der Waals surface area contributed by atoms with Crippen molar-refractivity contribution in [2.75, 3.05) is 18.0 Å². The van der Waals surface area contributed by atoms with Crippen molar-refractivity contribution < 1.29 is 0 Å². The van der Waals surface area contributed by atoms with E-state index in [0.717, 1.165) is 31.1 Å². The molecular formula is C9H15N3S. The highest BCUT2D eigenvalue weighted by molar-refractivity contribution is 7.13. The van der Waals surface area contributed by atoms with Gasteiger partial charge in [0.15, 0.2) is 5.13 Å². The van der Waals surface area contributed by atoms with Gasteiger partial charge >= 0.3 is 0 Å². The van der Waals surface area contributed by atoms with Crippen molar-refractivity contribution in [3.05, 3.63) is 11.6 Å². The Labute approximate surface area is 82.6 Å². The molecule has 1 atom stereocenters. The first-order valence-electron chi connectivity index (χ1n) is 4.76. The number of hydrogen-bond acceptors (Lipinski definition) is 4. The number of hydrogen-bond donors (Lipinski definition) is 1. The maximum atomic E-state index is 5.91. The van der Waals surface area contributed by atoms with Gasteiger partial charge in [-0.25, -0.2) is 4.98 Å². The van der Waals surface area contributed by atoms with E-state index in [1.807, 2.05) is 11.6 Å². The van der Waals surface area contributed by atoms with Crippen molar-refractivity contribution in [2.45, 2.75) is 25.3 Å². The van der Waals surface area contributed by atoms with E-state index in [2.05, 4.69) is 9.88 Å². The molecular weight excluding hydrogens is 182 g/mol. The molecule has 1 aromatic rings. The summed E-state index contributed by atoms with van der Waals surface area (Å²) in [6.45, 7) is 2.18. The number of aromatic nitrogens is 1. The van der Waals surface area contributed by atoms with Crippen LogP contribution in [0.25, 0.3) is 0 Å². The first kappa shape index (κ1) is 8.97. The van der Waals surface area contributed by atoms with Gasteiger partial charge in [0.1, 0.15) is 0 Å². The fourth-order valence-corrected chi connectivity index (χ4v) is 2.38. The maximum absolute atomic E-state index is 5.91. The second-order valence-corrected chi connectivity index (χ2v) is 4.37. The van der Waals surface area contributed by atoms with Crippen LogP contribution in [0.2, 0.25) is 0 Å². The Hall–Kier alpha value is -0.610. The zero-order valence-electron chi connectivity index (χ0n) is 7.65. The third-order valence-corrected chi connectivity index (χ3v) is 3.29. The molecule has 72 valence electrons. The number of rotatable bonds is 1. The molecule has 0 spiro atoms. The molecule has 1 aliphatic rings. The summed E-state index contributed by atoms with van der Waals surface area (Å²) in [5.41, 5.74) is 5.91. The van der Waals surface area contributed by atoms with Gasteiger partial charge < -0.3 is 10.6 Å². The fraction of sp³-hybridized carbons (Fsp3) is 0.667. The molecule has 13 heavy (non-hydrogen) atoms. The SMILES string of the molecule is NC1CCCN(c2nccs2)CC1. The van der Waals surface area contributed by atoms with E-state index in [0.29, 0.717) is 6.04 Å². The first-order chi connectivity index (χ1) is 6.36. The molecule has 0 saturated carbocycles. The van der Waals surface area contributed by atoms with Crippen molar-refractivity contribution in [3.8, 4) is 0 Å². The molecule has 1 aromatic heterocycles. The summed E-state index contributed by atoms with van der Waals surface area (Å²) in [5, 5.41) is 3.18. The largest absolute Gasteiger partial charge is 0.348 e. The molecule has 2 heterocycles. The summed E-state index contributed by atoms with van der Waals surface area (Å²) in [6, 6.07) is 0.393. The summed E-state index contributed by atoms with van der Waals surface area (Å²) >= 11 is 1.71. The molecule has 0 aliphatic carbocycles. The summed E-state index contributed by atoms with van der Waals surface area (Å²) < 4.78 is 0. The van der Waals surface area contributed by atoms with E-state index in [-0.39, 0.29) is 0 Å². The molecule has 0 amide bonds. The monoisotopic (exact) mass is 197 g/mol. The van der Waals surface area contributed by atoms with Crippen molar-refractivity contribution in [1.82, 2.24) is 4.98 Å². The van der Waals surface area contributed by atoms with Crippen LogP contribution < -0.4 is 10.6 Å². The van der Waals surface area contributed by atoms with Gasteiger partial charge in [0, 0.05) is 30.7 Å². The lowest BCUT2D eigenvalue weighted by Crippen LogP contribution is -2.26. The lowest BCUT2D eigenvalue weighted by Gasteiger charge is -2.18. The van der Waals surface area contributed by atoms with Gasteiger partial charge in [0.2, 0.25) is 0 Å². The van der Waals surface area contributed by atoms with E-state index in [1.54, 1.807) is 11.3 Å². The highest BCUT2D eigenvalue weighted by Gasteiger charge is 2.15. The molecule has 0 aromatic carbocycles. The van der Waals surface area contributed by atoms with E-state index < -0.39 is 0 Å². The topological polar surface area (TPSA) is 42.1 Å². The summed E-state index contributed by atoms with van der Waals surface area (Å²) in [4.78, 5) is 6.66. The van der Waals surface area contributed by atoms with Crippen LogP contribution in [0.15, 0.2) is 11.6 Å². The van der Waals surface area contributed by atoms with Crippen molar-refractivity contribution in [3.63, 3.8) is 0 Å². The Morgan fingerprint density at radius 3 is 3.15 bits per heavy atom. The highest BCUT2D eigenvalue weighted by Crippen LogP contribution is 2.20. The number of anilines is 1. The normalized spacial score (nSPS) is 24.4. The third-order valence-electron chi connectivity index (χ3n) is 2.46. The van der Waals surface area contributed by atoms with E-state index in [9.17, 15) is 0 Å². The van der Waals surface area contributed by atoms with Crippen LogP contribution in [0, 0.1) is 0 Å². The van der Waals surface area contributed by atoms with Crippen LogP contribution in [0.3, 0.4) is 0 Å². The second kappa shape index (κ2) is 4.07. The van der Waals surface area contributed by atoms with Gasteiger partial charge in [0.05, 0.1) is 0 Å². The zero-order chi connectivity index (χ0) is 9.10. The summed E-state index contributed by atoms with van der Waals surface area (Å²) in [6.07, 6.45) is 5.31. The third kappa shape index (κ3) is 2.19. The minimum atomic E-state index is 0.393. The quantitative estimate of drug-likeness (QED) is 0.741. The minimum absolute atomic E-state index is 0.393. The van der Waals surface area contributed by atoms with E-state index in [1.165, 1.54) is 6.42 Å². The molecule has 3 nitrogen and oxygen atoms in total. The average Bonchev–Trinajstić information content (AvgIpc) is 2.56. The van der Waals surface area contributed by atoms with E-state index in [4.69, 9.17) is 5.73 Å². The van der Waals surface area contributed by atoms with Gasteiger partial charge in [0.25, 0.3) is 0 Å². The van der Waals surface area contributed by atoms with Crippen molar-refractivity contribution >= 4 is 16.5 Å². The highest BCUT2D eigenvalue weighted by atomic mass is 32.1. The lowest BCUT2D eigenvalue weighted by atomic mass is 10.1. The molecule has 2 rings (SSSR count). The van der Waals surface area contributed by atoms with Gasteiger partial charge in [-0.1, -0.05) is 0 Å². The molecule has 0 bridgehead atoms. The molecule has 1 fully saturated rings. The van der Waals surface area contributed by atoms with Crippen LogP contribution in [-0.2, 0) is 0 Å². The predicted molar refractivity (Wildman–Crippen MR) is 56.2 cm³/mol. The fourth-order valence-electron chi connectivity index (χ4n) is 1.69. The van der Waals surface area contributed by atoms with Gasteiger partial charge in [-0.15, -0.1) is 11.3 Å². The second-order valence-electron chi connectivity index (χ2n) is 3.49. The lowest BCUT2D eigenvalue weighted by molar-refractivity contribution is 0.601. The Morgan fingerprint density at radius 1 is 1.46 bits per heavy atom. The first-order valence-corrected chi connectivity index (χ1v) is 5.64. The number of thiazole rings is 1. The van der Waals surface area contributed by atoms with E-state index >= 15 is 0 Å². The standard InChI is InChI=1S/C9H15N3S/c10-8-2-1-5-12(6-3-8)9-11-4-7-13-9/h4,7-8H,1-3,5-6,10H2. The van der Waals surface area contributed by atoms with Crippen molar-refractivity contribution in [1.29, 1.82) is 0 Å². The number of nitrogens with two attached hydrogens (primary N) is 1. The molecule has 1 unspecified atom stereocenters.